The molecule has 1 aliphatic heterocycles. The third-order valence-electron chi connectivity index (χ3n) is 2.87. The maximum absolute atomic E-state index is 5.34. The second kappa shape index (κ2) is 5.19. The summed E-state index contributed by atoms with van der Waals surface area (Å²) in [5, 5.41) is 3.46. The van der Waals surface area contributed by atoms with Gasteiger partial charge in [-0.2, -0.15) is 0 Å². The number of nitrogens with one attached hydrogen (secondary N) is 1. The first-order valence-electron chi connectivity index (χ1n) is 5.54. The first-order chi connectivity index (χ1) is 6.52. The number of nitrogens with zero attached hydrogens (tertiary/aromatic N) is 1. The van der Waals surface area contributed by atoms with Gasteiger partial charge in [0.05, 0.1) is 6.04 Å². The Balaban J connectivity index is 2.50. The van der Waals surface area contributed by atoms with Gasteiger partial charge in [0.2, 0.25) is 0 Å². The van der Waals surface area contributed by atoms with Crippen molar-refractivity contribution in [2.45, 2.75) is 52.2 Å². The highest BCUT2D eigenvalue weighted by atomic mass is 32.1. The SMILES string of the molecule is CC(C)N(CC1NCCC1=S)C(C)C. The van der Waals surface area contributed by atoms with Crippen LogP contribution in [0.15, 0.2) is 0 Å². The molecule has 0 aromatic rings. The van der Waals surface area contributed by atoms with E-state index in [-0.39, 0.29) is 0 Å². The van der Waals surface area contributed by atoms with Gasteiger partial charge in [0.1, 0.15) is 0 Å². The van der Waals surface area contributed by atoms with Gasteiger partial charge in [-0.05, 0) is 34.1 Å². The highest BCUT2D eigenvalue weighted by molar-refractivity contribution is 7.80. The molecule has 1 heterocycles. The molecule has 0 radical (unpaired) electrons. The van der Waals surface area contributed by atoms with Crippen molar-refractivity contribution in [3.63, 3.8) is 0 Å². The molecule has 2 nitrogen and oxygen atoms in total. The summed E-state index contributed by atoms with van der Waals surface area (Å²) in [6.07, 6.45) is 1.07. The van der Waals surface area contributed by atoms with Crippen LogP contribution in [0.2, 0.25) is 0 Å². The number of hydrogen-bond donors (Lipinski definition) is 1. The maximum atomic E-state index is 5.34. The van der Waals surface area contributed by atoms with Crippen molar-refractivity contribution in [1.29, 1.82) is 0 Å². The average molecular weight is 214 g/mol. The van der Waals surface area contributed by atoms with E-state index in [1.807, 2.05) is 0 Å². The van der Waals surface area contributed by atoms with Gasteiger partial charge < -0.3 is 5.32 Å². The van der Waals surface area contributed by atoms with E-state index in [4.69, 9.17) is 12.2 Å². The monoisotopic (exact) mass is 214 g/mol. The summed E-state index contributed by atoms with van der Waals surface area (Å²) < 4.78 is 0. The zero-order valence-electron chi connectivity index (χ0n) is 9.71. The molecule has 1 rings (SSSR count). The van der Waals surface area contributed by atoms with Crippen LogP contribution >= 0.6 is 12.2 Å². The van der Waals surface area contributed by atoms with Gasteiger partial charge >= 0.3 is 0 Å². The van der Waals surface area contributed by atoms with Crippen LogP contribution in [0.4, 0.5) is 0 Å². The van der Waals surface area contributed by atoms with Gasteiger partial charge in [-0.1, -0.05) is 12.2 Å². The molecule has 1 saturated heterocycles. The number of hydrogen-bond acceptors (Lipinski definition) is 3. The fraction of sp³-hybridized carbons (Fsp3) is 0.909. The minimum absolute atomic E-state index is 0.440. The molecule has 0 aromatic carbocycles. The van der Waals surface area contributed by atoms with Gasteiger partial charge in [-0.25, -0.2) is 0 Å². The average Bonchev–Trinajstić information content (AvgIpc) is 2.46. The molecule has 0 spiro atoms. The van der Waals surface area contributed by atoms with E-state index in [1.165, 1.54) is 4.86 Å². The fourth-order valence-electron chi connectivity index (χ4n) is 2.05. The lowest BCUT2D eigenvalue weighted by atomic mass is 10.1. The summed E-state index contributed by atoms with van der Waals surface area (Å²) in [7, 11) is 0. The zero-order chi connectivity index (χ0) is 10.7. The molecule has 0 aliphatic carbocycles. The van der Waals surface area contributed by atoms with Crippen LogP contribution in [0, 0.1) is 0 Å². The molecule has 1 aliphatic rings. The maximum Gasteiger partial charge on any atom is 0.0514 e. The van der Waals surface area contributed by atoms with Crippen LogP contribution in [0.3, 0.4) is 0 Å². The Labute approximate surface area is 93.1 Å². The van der Waals surface area contributed by atoms with Crippen molar-refractivity contribution in [3.05, 3.63) is 0 Å². The minimum atomic E-state index is 0.440. The van der Waals surface area contributed by atoms with Crippen molar-refractivity contribution in [2.75, 3.05) is 13.1 Å². The van der Waals surface area contributed by atoms with Gasteiger partial charge in [0.15, 0.2) is 0 Å². The molecule has 82 valence electrons. The number of rotatable bonds is 4. The molecule has 1 atom stereocenters. The van der Waals surface area contributed by atoms with Crippen molar-refractivity contribution < 1.29 is 0 Å². The van der Waals surface area contributed by atoms with E-state index in [9.17, 15) is 0 Å². The van der Waals surface area contributed by atoms with E-state index in [0.717, 1.165) is 19.5 Å². The Kier molecular flexibility index (Phi) is 4.48. The predicted molar refractivity (Wildman–Crippen MR) is 66.0 cm³/mol. The molecular weight excluding hydrogens is 192 g/mol. The van der Waals surface area contributed by atoms with Crippen molar-refractivity contribution >= 4 is 17.1 Å². The topological polar surface area (TPSA) is 15.3 Å². The zero-order valence-corrected chi connectivity index (χ0v) is 10.5. The Hall–Kier alpha value is 0.01000. The summed E-state index contributed by atoms with van der Waals surface area (Å²) in [5.41, 5.74) is 0. The first-order valence-corrected chi connectivity index (χ1v) is 5.95. The van der Waals surface area contributed by atoms with E-state index >= 15 is 0 Å². The van der Waals surface area contributed by atoms with E-state index < -0.39 is 0 Å². The summed E-state index contributed by atoms with van der Waals surface area (Å²) in [5.74, 6) is 0. The van der Waals surface area contributed by atoms with Crippen molar-refractivity contribution in [1.82, 2.24) is 10.2 Å². The second-order valence-electron chi connectivity index (χ2n) is 4.61. The van der Waals surface area contributed by atoms with E-state index in [0.29, 0.717) is 18.1 Å². The Morgan fingerprint density at radius 3 is 2.29 bits per heavy atom. The molecular formula is C11H22N2S. The van der Waals surface area contributed by atoms with Crippen LogP contribution in [-0.4, -0.2) is 41.0 Å². The molecule has 0 saturated carbocycles. The third kappa shape index (κ3) is 3.01. The molecule has 1 unspecified atom stereocenters. The summed E-state index contributed by atoms with van der Waals surface area (Å²) in [4.78, 5) is 3.70. The second-order valence-corrected chi connectivity index (χ2v) is 5.13. The normalized spacial score (nSPS) is 23.1. The quantitative estimate of drug-likeness (QED) is 0.719. The van der Waals surface area contributed by atoms with Crippen LogP contribution < -0.4 is 5.32 Å². The molecule has 1 fully saturated rings. The predicted octanol–water partition coefficient (Wildman–Crippen LogP) is 1.84. The van der Waals surface area contributed by atoms with Gasteiger partial charge in [0.25, 0.3) is 0 Å². The summed E-state index contributed by atoms with van der Waals surface area (Å²) in [6, 6.07) is 1.63. The first kappa shape index (κ1) is 12.1. The van der Waals surface area contributed by atoms with Crippen LogP contribution in [0.25, 0.3) is 0 Å². The highest BCUT2D eigenvalue weighted by Gasteiger charge is 2.24. The highest BCUT2D eigenvalue weighted by Crippen LogP contribution is 2.10. The Bertz CT molecular complexity index is 193. The lowest BCUT2D eigenvalue weighted by Crippen LogP contribution is -2.46. The molecule has 0 aromatic heterocycles. The van der Waals surface area contributed by atoms with E-state index in [1.54, 1.807) is 0 Å². The molecule has 0 amide bonds. The molecule has 1 N–H and O–H groups in total. The molecule has 0 bridgehead atoms. The van der Waals surface area contributed by atoms with Gasteiger partial charge in [0, 0.05) is 30.0 Å². The third-order valence-corrected chi connectivity index (χ3v) is 3.36. The summed E-state index contributed by atoms with van der Waals surface area (Å²) in [6.45, 7) is 11.1. The fourth-order valence-corrected chi connectivity index (χ4v) is 2.31. The van der Waals surface area contributed by atoms with Crippen LogP contribution in [-0.2, 0) is 0 Å². The minimum Gasteiger partial charge on any atom is -0.308 e. The molecule has 3 heteroatoms. The Morgan fingerprint density at radius 1 is 1.36 bits per heavy atom. The molecule has 14 heavy (non-hydrogen) atoms. The van der Waals surface area contributed by atoms with E-state index in [2.05, 4.69) is 37.9 Å². The lowest BCUT2D eigenvalue weighted by Gasteiger charge is -2.32. The number of thiocarbonyl (C=S) groups is 1. The van der Waals surface area contributed by atoms with Crippen LogP contribution in [0.5, 0.6) is 0 Å². The Morgan fingerprint density at radius 2 is 1.93 bits per heavy atom. The van der Waals surface area contributed by atoms with Crippen molar-refractivity contribution in [2.24, 2.45) is 0 Å². The standard InChI is InChI=1S/C11H22N2S/c1-8(2)13(9(3)4)7-10-11(14)5-6-12-10/h8-10,12H,5-7H2,1-4H3. The van der Waals surface area contributed by atoms with Crippen molar-refractivity contribution in [3.8, 4) is 0 Å². The van der Waals surface area contributed by atoms with Crippen LogP contribution in [0.1, 0.15) is 34.1 Å². The summed E-state index contributed by atoms with van der Waals surface area (Å²) >= 11 is 5.34. The smallest absolute Gasteiger partial charge is 0.0514 e. The van der Waals surface area contributed by atoms with Gasteiger partial charge in [-0.3, -0.25) is 4.90 Å². The largest absolute Gasteiger partial charge is 0.308 e. The van der Waals surface area contributed by atoms with Gasteiger partial charge in [-0.15, -0.1) is 0 Å². The lowest BCUT2D eigenvalue weighted by molar-refractivity contribution is 0.170.